The number of carboxylic acid groups (broad SMARTS) is 1. The van der Waals surface area contributed by atoms with Gasteiger partial charge in [0.25, 0.3) is 0 Å². The Labute approximate surface area is 262 Å². The highest BCUT2D eigenvalue weighted by Gasteiger charge is 2.33. The number of alkyl halides is 3. The van der Waals surface area contributed by atoms with Gasteiger partial charge in [0.2, 0.25) is 0 Å². The van der Waals surface area contributed by atoms with E-state index in [1.165, 1.54) is 23.7 Å². The first kappa shape index (κ1) is 32.9. The number of nitrogens with zero attached hydrogens (tertiary/aromatic N) is 6. The van der Waals surface area contributed by atoms with Gasteiger partial charge in [0.05, 0.1) is 36.5 Å². The average molecular weight is 649 g/mol. The van der Waals surface area contributed by atoms with Crippen LogP contribution in [0.2, 0.25) is 0 Å². The molecule has 2 aliphatic rings. The molecule has 2 fully saturated rings. The zero-order chi connectivity index (χ0) is 32.5. The molecule has 0 aliphatic carbocycles. The van der Waals surface area contributed by atoms with E-state index in [1.807, 2.05) is 11.8 Å². The smallest absolute Gasteiger partial charge is 0.416 e. The van der Waals surface area contributed by atoms with Crippen LogP contribution in [0.1, 0.15) is 66.0 Å². The molecule has 2 aliphatic heterocycles. The number of ketones is 1. The first-order chi connectivity index (χ1) is 21.3. The molecule has 0 amide bonds. The van der Waals surface area contributed by atoms with Gasteiger partial charge in [-0.3, -0.25) is 19.4 Å². The largest absolute Gasteiger partial charge is 0.481 e. The molecule has 0 unspecified atom stereocenters. The number of aromatic nitrogens is 3. The molecule has 3 aromatic rings. The molecule has 0 spiro atoms. The second-order valence-corrected chi connectivity index (χ2v) is 13.1. The summed E-state index contributed by atoms with van der Waals surface area (Å²) < 4.78 is 55.0. The van der Waals surface area contributed by atoms with Crippen molar-refractivity contribution in [1.29, 1.82) is 0 Å². The highest BCUT2D eigenvalue weighted by Crippen LogP contribution is 2.37. The number of carboxylic acids is 1. The van der Waals surface area contributed by atoms with Crippen molar-refractivity contribution in [1.82, 2.24) is 24.8 Å². The lowest BCUT2D eigenvalue weighted by molar-refractivity contribution is -0.138. The fourth-order valence-electron chi connectivity index (χ4n) is 6.06. The topological polar surface area (TPSA) is 103 Å². The average Bonchev–Trinajstić information content (AvgIpc) is 3.53. The SMILES string of the molecule is C[C@@H]1CC[C@@H](C)N1Cc1sc(CC(=O)c2cnc(N3CCN(CCC(=O)O)[C@@H](C)C3)cn2)nc1-c1cc(F)cc(C(F)(F)F)c1. The number of carbonyl (C=O) groups excluding carboxylic acids is 1. The van der Waals surface area contributed by atoms with E-state index in [2.05, 4.69) is 38.6 Å². The summed E-state index contributed by atoms with van der Waals surface area (Å²) in [4.78, 5) is 44.6. The molecular weight excluding hydrogens is 612 g/mol. The zero-order valence-electron chi connectivity index (χ0n) is 25.3. The van der Waals surface area contributed by atoms with E-state index in [9.17, 15) is 27.2 Å². The van der Waals surface area contributed by atoms with E-state index in [4.69, 9.17) is 5.11 Å². The lowest BCUT2D eigenvalue weighted by Crippen LogP contribution is -2.52. The fourth-order valence-corrected chi connectivity index (χ4v) is 7.15. The van der Waals surface area contributed by atoms with E-state index in [-0.39, 0.29) is 53.7 Å². The quantitative estimate of drug-likeness (QED) is 0.224. The Hall–Kier alpha value is -3.49. The Balaban J connectivity index is 1.33. The summed E-state index contributed by atoms with van der Waals surface area (Å²) in [6.45, 7) is 9.07. The van der Waals surface area contributed by atoms with Crippen LogP contribution in [0.4, 0.5) is 23.4 Å². The van der Waals surface area contributed by atoms with Crippen LogP contribution in [0.5, 0.6) is 0 Å². The molecule has 4 heterocycles. The Morgan fingerprint density at radius 3 is 2.38 bits per heavy atom. The van der Waals surface area contributed by atoms with Gasteiger partial charge in [0.1, 0.15) is 22.3 Å². The molecule has 14 heteroatoms. The predicted molar refractivity (Wildman–Crippen MR) is 162 cm³/mol. The number of halogens is 4. The van der Waals surface area contributed by atoms with E-state index in [0.29, 0.717) is 54.5 Å². The molecule has 9 nitrogen and oxygen atoms in total. The summed E-state index contributed by atoms with van der Waals surface area (Å²) >= 11 is 1.24. The van der Waals surface area contributed by atoms with Crippen LogP contribution >= 0.6 is 11.3 Å². The number of anilines is 1. The molecule has 1 aromatic carbocycles. The zero-order valence-corrected chi connectivity index (χ0v) is 26.2. The number of aliphatic carboxylic acids is 1. The number of rotatable bonds is 10. The van der Waals surface area contributed by atoms with Crippen LogP contribution in [-0.4, -0.2) is 85.9 Å². The normalized spacial score (nSPS) is 21.4. The standard InChI is InChI=1S/C31H36F4N6O3S/c1-18-4-5-19(2)41(18)17-26-30(21-10-22(31(33,34)35)12-23(32)11-21)38-28(45-26)13-25(42)24-14-37-27(15-36-24)40-9-8-39(20(3)16-40)7-6-29(43)44/h10-12,14-15,18-20H,4-9,13,16-17H2,1-3H3,(H,43,44)/t18-,19-,20+/m1/s1. The first-order valence-corrected chi connectivity index (χ1v) is 15.8. The predicted octanol–water partition coefficient (Wildman–Crippen LogP) is 5.54. The maximum Gasteiger partial charge on any atom is 0.416 e. The van der Waals surface area contributed by atoms with Gasteiger partial charge in [-0.2, -0.15) is 13.2 Å². The Bertz CT molecular complexity index is 1520. The maximum absolute atomic E-state index is 14.4. The molecule has 3 atom stereocenters. The number of likely N-dealkylation sites (tertiary alicyclic amines) is 1. The number of piperazine rings is 1. The van der Waals surface area contributed by atoms with Gasteiger partial charge in [-0.1, -0.05) is 0 Å². The molecule has 0 radical (unpaired) electrons. The number of Topliss-reactive ketones (excluding diaryl/α,β-unsaturated/α-hetero) is 1. The molecule has 5 rings (SSSR count). The summed E-state index contributed by atoms with van der Waals surface area (Å²) in [6, 6.07) is 3.07. The highest BCUT2D eigenvalue weighted by molar-refractivity contribution is 7.12. The molecule has 45 heavy (non-hydrogen) atoms. The summed E-state index contributed by atoms with van der Waals surface area (Å²) in [6.07, 6.45) is 0.158. The van der Waals surface area contributed by atoms with Crippen LogP contribution in [0.25, 0.3) is 11.3 Å². The van der Waals surface area contributed by atoms with Crippen molar-refractivity contribution in [3.05, 3.63) is 57.6 Å². The third-order valence-corrected chi connectivity index (χ3v) is 9.68. The lowest BCUT2D eigenvalue weighted by atomic mass is 10.1. The fraction of sp³-hybridized carbons (Fsp3) is 0.516. The van der Waals surface area contributed by atoms with Crippen LogP contribution in [-0.2, 0) is 23.9 Å². The van der Waals surface area contributed by atoms with Crippen LogP contribution in [0, 0.1) is 5.82 Å². The van der Waals surface area contributed by atoms with E-state index < -0.39 is 23.5 Å². The molecule has 0 saturated carbocycles. The Morgan fingerprint density at radius 2 is 1.76 bits per heavy atom. The molecule has 2 aromatic heterocycles. The molecule has 242 valence electrons. The lowest BCUT2D eigenvalue weighted by Gasteiger charge is -2.40. The van der Waals surface area contributed by atoms with Crippen molar-refractivity contribution in [2.75, 3.05) is 31.1 Å². The van der Waals surface area contributed by atoms with Gasteiger partial charge in [0.15, 0.2) is 5.78 Å². The van der Waals surface area contributed by atoms with Crippen molar-refractivity contribution in [3.63, 3.8) is 0 Å². The Morgan fingerprint density at radius 1 is 1.02 bits per heavy atom. The maximum atomic E-state index is 14.4. The summed E-state index contributed by atoms with van der Waals surface area (Å²) in [5, 5.41) is 9.38. The highest BCUT2D eigenvalue weighted by atomic mass is 32.1. The van der Waals surface area contributed by atoms with Crippen molar-refractivity contribution in [3.8, 4) is 11.3 Å². The molecule has 1 N–H and O–H groups in total. The number of benzene rings is 1. The third-order valence-electron chi connectivity index (χ3n) is 8.64. The van der Waals surface area contributed by atoms with Gasteiger partial charge < -0.3 is 10.0 Å². The molecular formula is C31H36F4N6O3S. The first-order valence-electron chi connectivity index (χ1n) is 15.0. The molecule has 0 bridgehead atoms. The monoisotopic (exact) mass is 648 g/mol. The second kappa shape index (κ2) is 13.5. The summed E-state index contributed by atoms with van der Waals surface area (Å²) in [7, 11) is 0. The van der Waals surface area contributed by atoms with Crippen LogP contribution in [0.3, 0.4) is 0 Å². The van der Waals surface area contributed by atoms with Crippen LogP contribution in [0.15, 0.2) is 30.6 Å². The minimum atomic E-state index is -4.72. The van der Waals surface area contributed by atoms with Gasteiger partial charge >= 0.3 is 12.1 Å². The summed E-state index contributed by atoms with van der Waals surface area (Å²) in [5.41, 5.74) is -0.689. The van der Waals surface area contributed by atoms with Crippen molar-refractivity contribution in [2.45, 2.75) is 77.3 Å². The van der Waals surface area contributed by atoms with E-state index in [1.54, 1.807) is 0 Å². The van der Waals surface area contributed by atoms with Crippen molar-refractivity contribution < 1.29 is 32.3 Å². The van der Waals surface area contributed by atoms with Gasteiger partial charge in [0, 0.05) is 61.3 Å². The van der Waals surface area contributed by atoms with Gasteiger partial charge in [-0.05, 0) is 51.8 Å². The minimum Gasteiger partial charge on any atom is -0.481 e. The van der Waals surface area contributed by atoms with E-state index in [0.717, 1.165) is 25.0 Å². The number of thiazole rings is 1. The number of carbonyl (C=O) groups is 2. The molecule has 2 saturated heterocycles. The van der Waals surface area contributed by atoms with Gasteiger partial charge in [-0.15, -0.1) is 11.3 Å². The number of hydrogen-bond acceptors (Lipinski definition) is 9. The van der Waals surface area contributed by atoms with E-state index >= 15 is 0 Å². The minimum absolute atomic E-state index is 0.0215. The summed E-state index contributed by atoms with van der Waals surface area (Å²) in [5.74, 6) is -1.58. The van der Waals surface area contributed by atoms with Gasteiger partial charge in [-0.25, -0.2) is 19.3 Å². The third kappa shape index (κ3) is 7.85. The van der Waals surface area contributed by atoms with Crippen LogP contribution < -0.4 is 4.90 Å². The van der Waals surface area contributed by atoms with Crippen molar-refractivity contribution in [2.24, 2.45) is 0 Å². The van der Waals surface area contributed by atoms with Crippen molar-refractivity contribution >= 4 is 28.9 Å². The number of hydrogen-bond donors (Lipinski definition) is 1. The Kier molecular flexibility index (Phi) is 9.85. The second-order valence-electron chi connectivity index (χ2n) is 11.9.